The van der Waals surface area contributed by atoms with Gasteiger partial charge in [-0.2, -0.15) is 0 Å². The van der Waals surface area contributed by atoms with Gasteiger partial charge in [-0.1, -0.05) is 52.0 Å². The zero-order chi connectivity index (χ0) is 16.0. The number of unbranched alkanes of at least 4 members (excludes halogenated alkanes) is 4. The topological polar surface area (TPSA) is 18.5 Å². The number of hydrogen-bond acceptors (Lipinski definition) is 2. The number of rotatable bonds is 14. The van der Waals surface area contributed by atoms with Crippen LogP contribution in [-0.2, 0) is 9.47 Å². The van der Waals surface area contributed by atoms with Crippen LogP contribution in [0.3, 0.4) is 0 Å². The van der Waals surface area contributed by atoms with Crippen LogP contribution in [0.1, 0.15) is 85.5 Å². The minimum atomic E-state index is -0.0238. The molecule has 0 aliphatic heterocycles. The molecule has 0 aliphatic rings. The van der Waals surface area contributed by atoms with Gasteiger partial charge in [0.1, 0.15) is 0 Å². The van der Waals surface area contributed by atoms with E-state index in [-0.39, 0.29) is 5.60 Å². The van der Waals surface area contributed by atoms with Crippen molar-refractivity contribution in [1.29, 1.82) is 0 Å². The molecule has 1 unspecified atom stereocenters. The Morgan fingerprint density at radius 3 is 2.24 bits per heavy atom. The van der Waals surface area contributed by atoms with E-state index in [1.54, 1.807) is 0 Å². The van der Waals surface area contributed by atoms with Gasteiger partial charge in [-0.15, -0.1) is 0 Å². The summed E-state index contributed by atoms with van der Waals surface area (Å²) in [5, 5.41) is 0. The lowest BCUT2D eigenvalue weighted by Gasteiger charge is -2.33. The van der Waals surface area contributed by atoms with Crippen LogP contribution in [0.5, 0.6) is 0 Å². The SMILES string of the molecule is CCC=COCCCC(CCCCCCC)C(C)(C)OC. The lowest BCUT2D eigenvalue weighted by Crippen LogP contribution is -2.33. The first kappa shape index (κ1) is 20.5. The Morgan fingerprint density at radius 2 is 1.62 bits per heavy atom. The van der Waals surface area contributed by atoms with E-state index >= 15 is 0 Å². The van der Waals surface area contributed by atoms with Crippen molar-refractivity contribution >= 4 is 0 Å². The summed E-state index contributed by atoms with van der Waals surface area (Å²) in [6, 6.07) is 0. The maximum Gasteiger partial charge on any atom is 0.0873 e. The maximum atomic E-state index is 5.72. The fraction of sp³-hybridized carbons (Fsp3) is 0.895. The van der Waals surface area contributed by atoms with Gasteiger partial charge in [-0.05, 0) is 45.4 Å². The Morgan fingerprint density at radius 1 is 0.952 bits per heavy atom. The molecule has 0 radical (unpaired) electrons. The molecule has 0 fully saturated rings. The first-order chi connectivity index (χ1) is 10.1. The molecule has 0 saturated heterocycles. The fourth-order valence-electron chi connectivity index (χ4n) is 2.65. The summed E-state index contributed by atoms with van der Waals surface area (Å²) < 4.78 is 11.2. The summed E-state index contributed by atoms with van der Waals surface area (Å²) in [5.74, 6) is 0.628. The Hall–Kier alpha value is -0.500. The van der Waals surface area contributed by atoms with Gasteiger partial charge in [-0.25, -0.2) is 0 Å². The van der Waals surface area contributed by atoms with Crippen molar-refractivity contribution in [1.82, 2.24) is 0 Å². The third-order valence-corrected chi connectivity index (χ3v) is 4.41. The van der Waals surface area contributed by atoms with Gasteiger partial charge in [-0.3, -0.25) is 0 Å². The molecule has 2 heteroatoms. The molecule has 0 heterocycles. The number of allylic oxidation sites excluding steroid dienone is 1. The minimum Gasteiger partial charge on any atom is -0.502 e. The van der Waals surface area contributed by atoms with E-state index < -0.39 is 0 Å². The molecule has 0 N–H and O–H groups in total. The second kappa shape index (κ2) is 13.2. The van der Waals surface area contributed by atoms with Crippen LogP contribution in [0, 0.1) is 5.92 Å². The van der Waals surface area contributed by atoms with Gasteiger partial charge in [0, 0.05) is 7.11 Å². The highest BCUT2D eigenvalue weighted by molar-refractivity contribution is 4.79. The van der Waals surface area contributed by atoms with E-state index in [1.807, 2.05) is 13.4 Å². The Bertz CT molecular complexity index is 246. The molecule has 0 aromatic heterocycles. The average Bonchev–Trinajstić information content (AvgIpc) is 2.48. The monoisotopic (exact) mass is 298 g/mol. The van der Waals surface area contributed by atoms with Crippen LogP contribution >= 0.6 is 0 Å². The van der Waals surface area contributed by atoms with Gasteiger partial charge < -0.3 is 9.47 Å². The molecule has 0 spiro atoms. The van der Waals surface area contributed by atoms with Crippen molar-refractivity contribution in [3.8, 4) is 0 Å². The second-order valence-corrected chi connectivity index (χ2v) is 6.50. The molecule has 0 saturated carbocycles. The van der Waals surface area contributed by atoms with Crippen LogP contribution in [0.15, 0.2) is 12.3 Å². The van der Waals surface area contributed by atoms with Gasteiger partial charge in [0.15, 0.2) is 0 Å². The predicted molar refractivity (Wildman–Crippen MR) is 92.6 cm³/mol. The highest BCUT2D eigenvalue weighted by Gasteiger charge is 2.28. The van der Waals surface area contributed by atoms with E-state index in [9.17, 15) is 0 Å². The van der Waals surface area contributed by atoms with Gasteiger partial charge >= 0.3 is 0 Å². The Balaban J connectivity index is 4.01. The van der Waals surface area contributed by atoms with Crippen molar-refractivity contribution in [2.45, 2.75) is 91.1 Å². The molecule has 2 nitrogen and oxygen atoms in total. The van der Waals surface area contributed by atoms with Crippen LogP contribution in [0.25, 0.3) is 0 Å². The zero-order valence-electron chi connectivity index (χ0n) is 15.1. The van der Waals surface area contributed by atoms with Gasteiger partial charge in [0.2, 0.25) is 0 Å². The standard InChI is InChI=1S/C19H38O2/c1-6-8-10-11-12-14-18(19(3,4)20-5)15-13-17-21-16-9-7-2/h9,16,18H,6-8,10-15,17H2,1-5H3. The molecule has 0 bridgehead atoms. The van der Waals surface area contributed by atoms with Gasteiger partial charge in [0.05, 0.1) is 18.5 Å². The molecule has 0 rings (SSSR count). The highest BCUT2D eigenvalue weighted by Crippen LogP contribution is 2.30. The number of hydrogen-bond donors (Lipinski definition) is 0. The first-order valence-electron chi connectivity index (χ1n) is 8.90. The number of ether oxygens (including phenoxy) is 2. The molecule has 1 atom stereocenters. The molecule has 0 aliphatic carbocycles. The van der Waals surface area contributed by atoms with Crippen molar-refractivity contribution in [3.63, 3.8) is 0 Å². The van der Waals surface area contributed by atoms with Crippen LogP contribution < -0.4 is 0 Å². The maximum absolute atomic E-state index is 5.72. The molecule has 21 heavy (non-hydrogen) atoms. The smallest absolute Gasteiger partial charge is 0.0873 e. The van der Waals surface area contributed by atoms with E-state index in [2.05, 4.69) is 33.8 Å². The van der Waals surface area contributed by atoms with Crippen molar-refractivity contribution in [3.05, 3.63) is 12.3 Å². The molecule has 0 aromatic rings. The summed E-state index contributed by atoms with van der Waals surface area (Å²) in [6.07, 6.45) is 15.3. The van der Waals surface area contributed by atoms with E-state index in [4.69, 9.17) is 9.47 Å². The second-order valence-electron chi connectivity index (χ2n) is 6.50. The lowest BCUT2D eigenvalue weighted by atomic mass is 9.82. The van der Waals surface area contributed by atoms with Gasteiger partial charge in [0.25, 0.3) is 0 Å². The molecule has 0 aromatic carbocycles. The molecular formula is C19H38O2. The van der Waals surface area contributed by atoms with Crippen LogP contribution in [0.2, 0.25) is 0 Å². The molecule has 126 valence electrons. The van der Waals surface area contributed by atoms with Crippen LogP contribution in [0.4, 0.5) is 0 Å². The van der Waals surface area contributed by atoms with E-state index in [1.165, 1.54) is 44.9 Å². The number of methoxy groups -OCH3 is 1. The third-order valence-electron chi connectivity index (χ3n) is 4.41. The summed E-state index contributed by atoms with van der Waals surface area (Å²) in [5.41, 5.74) is -0.0238. The first-order valence-corrected chi connectivity index (χ1v) is 8.90. The molecular weight excluding hydrogens is 260 g/mol. The lowest BCUT2D eigenvalue weighted by molar-refractivity contribution is -0.0362. The average molecular weight is 299 g/mol. The zero-order valence-corrected chi connectivity index (χ0v) is 15.1. The largest absolute Gasteiger partial charge is 0.502 e. The van der Waals surface area contributed by atoms with Crippen molar-refractivity contribution in [2.24, 2.45) is 5.92 Å². The Labute approximate surface area is 133 Å². The third kappa shape index (κ3) is 10.8. The van der Waals surface area contributed by atoms with E-state index in [0.29, 0.717) is 5.92 Å². The quantitative estimate of drug-likeness (QED) is 0.284. The highest BCUT2D eigenvalue weighted by atomic mass is 16.5. The molecule has 0 amide bonds. The predicted octanol–water partition coefficient (Wildman–Crippen LogP) is 6.11. The fourth-order valence-corrected chi connectivity index (χ4v) is 2.65. The summed E-state index contributed by atoms with van der Waals surface area (Å²) in [6.45, 7) is 9.66. The summed E-state index contributed by atoms with van der Waals surface area (Å²) in [7, 11) is 1.84. The minimum absolute atomic E-state index is 0.0238. The Kier molecular flexibility index (Phi) is 12.9. The summed E-state index contributed by atoms with van der Waals surface area (Å²) in [4.78, 5) is 0. The van der Waals surface area contributed by atoms with Crippen molar-refractivity contribution < 1.29 is 9.47 Å². The van der Waals surface area contributed by atoms with Crippen LogP contribution in [-0.4, -0.2) is 19.3 Å². The normalized spacial score (nSPS) is 13.8. The summed E-state index contributed by atoms with van der Waals surface area (Å²) >= 11 is 0. The van der Waals surface area contributed by atoms with E-state index in [0.717, 1.165) is 19.4 Å². The van der Waals surface area contributed by atoms with Crippen molar-refractivity contribution in [2.75, 3.05) is 13.7 Å².